The molecule has 3 nitrogen and oxygen atoms in total. The molecule has 0 bridgehead atoms. The molecule has 0 amide bonds. The van der Waals surface area contributed by atoms with Crippen LogP contribution in [0.4, 0.5) is 0 Å². The summed E-state index contributed by atoms with van der Waals surface area (Å²) in [6.07, 6.45) is 0. The van der Waals surface area contributed by atoms with Crippen molar-refractivity contribution in [3.63, 3.8) is 0 Å². The fourth-order valence-corrected chi connectivity index (χ4v) is 1.16. The van der Waals surface area contributed by atoms with Crippen LogP contribution in [0.5, 0.6) is 11.6 Å². The molecular weight excluding hydrogens is 385 g/mol. The van der Waals surface area contributed by atoms with Gasteiger partial charge in [0.1, 0.15) is 0 Å². The molecule has 16 heavy (non-hydrogen) atoms. The zero-order chi connectivity index (χ0) is 10.5. The van der Waals surface area contributed by atoms with Crippen molar-refractivity contribution < 1.29 is 30.9 Å². The molecule has 0 aliphatic rings. The predicted molar refractivity (Wildman–Crippen MR) is 55.5 cm³/mol. The normalized spacial score (nSPS) is 9.31. The molecule has 0 saturated heterocycles. The first-order valence-corrected chi connectivity index (χ1v) is 4.60. The van der Waals surface area contributed by atoms with E-state index in [2.05, 4.69) is 11.1 Å². The van der Waals surface area contributed by atoms with Gasteiger partial charge in [-0.05, 0) is 6.07 Å². The number of pyridine rings is 1. The molecule has 1 heterocycles. The number of aliphatic hydroxyl groups excluding tert-OH is 1. The number of ether oxygens (including phenoxy) is 1. The minimum atomic E-state index is -0.0876. The summed E-state index contributed by atoms with van der Waals surface area (Å²) in [6, 6.07) is 15.5. The van der Waals surface area contributed by atoms with E-state index in [0.717, 1.165) is 0 Å². The number of hydrogen-bond acceptors (Lipinski definition) is 3. The first kappa shape index (κ1) is 12.9. The molecule has 0 spiro atoms. The number of rotatable bonds is 3. The third kappa shape index (κ3) is 3.44. The second-order valence-corrected chi connectivity index (χ2v) is 2.95. The summed E-state index contributed by atoms with van der Waals surface area (Å²) in [5.41, 5.74) is 0.587. The molecule has 1 aromatic heterocycles. The van der Waals surface area contributed by atoms with Gasteiger partial charge in [-0.15, -0.1) is 12.1 Å². The number of benzene rings is 1. The van der Waals surface area contributed by atoms with Crippen LogP contribution in [0, 0.1) is 6.07 Å². The second-order valence-electron chi connectivity index (χ2n) is 2.95. The molecule has 0 unspecified atom stereocenters. The third-order valence-electron chi connectivity index (χ3n) is 1.84. The summed E-state index contributed by atoms with van der Waals surface area (Å²) in [5, 5.41) is 8.90. The average molecular weight is 395 g/mol. The van der Waals surface area contributed by atoms with E-state index in [1.807, 2.05) is 12.1 Å². The zero-order valence-electron chi connectivity index (χ0n) is 8.37. The Morgan fingerprint density at radius 2 is 2.06 bits per heavy atom. The number of aliphatic hydroxyl groups is 1. The van der Waals surface area contributed by atoms with Crippen LogP contribution in [0.15, 0.2) is 42.5 Å². The van der Waals surface area contributed by atoms with Crippen LogP contribution >= 0.6 is 0 Å². The number of aromatic nitrogens is 1. The Hall–Kier alpha value is -1.18. The van der Waals surface area contributed by atoms with Crippen molar-refractivity contribution in [2.24, 2.45) is 0 Å². The Kier molecular flexibility index (Phi) is 5.16. The van der Waals surface area contributed by atoms with Crippen molar-refractivity contribution in [3.8, 4) is 11.6 Å². The van der Waals surface area contributed by atoms with Gasteiger partial charge in [-0.25, -0.2) is 4.98 Å². The molecule has 0 aliphatic heterocycles. The van der Waals surface area contributed by atoms with Crippen molar-refractivity contribution in [2.45, 2.75) is 6.61 Å². The van der Waals surface area contributed by atoms with Gasteiger partial charge in [0.2, 0.25) is 5.88 Å². The number of para-hydroxylation sites is 1. The molecule has 86 valence electrons. The van der Waals surface area contributed by atoms with Crippen LogP contribution in [-0.2, 0) is 27.7 Å². The molecule has 0 saturated carbocycles. The minimum Gasteiger partial charge on any atom is -0.466 e. The fourth-order valence-electron chi connectivity index (χ4n) is 1.16. The summed E-state index contributed by atoms with van der Waals surface area (Å²) < 4.78 is 5.44. The molecule has 2 aromatic rings. The van der Waals surface area contributed by atoms with Gasteiger partial charge in [0, 0.05) is 32.9 Å². The van der Waals surface area contributed by atoms with Gasteiger partial charge in [0.05, 0.1) is 12.3 Å². The maximum atomic E-state index is 8.90. The SMILES string of the molecule is OCc1cccc(Oc2[c-]cccc2)n1.[Pt]. The van der Waals surface area contributed by atoms with Gasteiger partial charge < -0.3 is 9.84 Å². The second kappa shape index (κ2) is 6.41. The standard InChI is InChI=1S/C12H10NO2.Pt/c14-9-10-5-4-8-12(13-10)15-11-6-2-1-3-7-11;/h1-6,8,14H,9H2;/q-1;. The average Bonchev–Trinajstić information content (AvgIpc) is 2.31. The molecule has 4 heteroatoms. The van der Waals surface area contributed by atoms with E-state index in [1.54, 1.807) is 30.3 Å². The van der Waals surface area contributed by atoms with Crippen molar-refractivity contribution in [2.75, 3.05) is 0 Å². The van der Waals surface area contributed by atoms with E-state index in [0.29, 0.717) is 17.3 Å². The molecule has 2 rings (SSSR count). The quantitative estimate of drug-likeness (QED) is 0.811. The molecule has 1 aromatic carbocycles. The van der Waals surface area contributed by atoms with E-state index in [1.165, 1.54) is 0 Å². The summed E-state index contributed by atoms with van der Waals surface area (Å²) in [6.45, 7) is -0.0876. The molecule has 0 radical (unpaired) electrons. The van der Waals surface area contributed by atoms with E-state index < -0.39 is 0 Å². The Morgan fingerprint density at radius 1 is 1.19 bits per heavy atom. The van der Waals surface area contributed by atoms with Gasteiger partial charge in [0.25, 0.3) is 0 Å². The van der Waals surface area contributed by atoms with Gasteiger partial charge in [-0.2, -0.15) is 18.2 Å². The summed E-state index contributed by atoms with van der Waals surface area (Å²) in [7, 11) is 0. The predicted octanol–water partition coefficient (Wildman–Crippen LogP) is 2.16. The van der Waals surface area contributed by atoms with Gasteiger partial charge in [-0.3, -0.25) is 0 Å². The van der Waals surface area contributed by atoms with E-state index in [9.17, 15) is 0 Å². The minimum absolute atomic E-state index is 0. The molecule has 0 aliphatic carbocycles. The van der Waals surface area contributed by atoms with Gasteiger partial charge >= 0.3 is 0 Å². The summed E-state index contributed by atoms with van der Waals surface area (Å²) in [4.78, 5) is 4.09. The van der Waals surface area contributed by atoms with Crippen molar-refractivity contribution in [3.05, 3.63) is 54.2 Å². The first-order chi connectivity index (χ1) is 7.38. The Bertz CT molecular complexity index is 434. The summed E-state index contributed by atoms with van der Waals surface area (Å²) >= 11 is 0. The van der Waals surface area contributed by atoms with Crippen molar-refractivity contribution >= 4 is 0 Å². The van der Waals surface area contributed by atoms with Crippen LogP contribution < -0.4 is 4.74 Å². The fraction of sp³-hybridized carbons (Fsp3) is 0.0833. The number of nitrogens with zero attached hydrogens (tertiary/aromatic N) is 1. The van der Waals surface area contributed by atoms with Crippen molar-refractivity contribution in [1.29, 1.82) is 0 Å². The Balaban J connectivity index is 0.00000128. The van der Waals surface area contributed by atoms with Crippen LogP contribution in [0.1, 0.15) is 5.69 Å². The summed E-state index contributed by atoms with van der Waals surface area (Å²) in [5.74, 6) is 1.07. The van der Waals surface area contributed by atoms with Gasteiger partial charge in [-0.1, -0.05) is 6.07 Å². The maximum Gasteiger partial charge on any atom is 0.216 e. The molecule has 0 fully saturated rings. The van der Waals surface area contributed by atoms with Gasteiger partial charge in [0.15, 0.2) is 0 Å². The van der Waals surface area contributed by atoms with E-state index in [4.69, 9.17) is 9.84 Å². The first-order valence-electron chi connectivity index (χ1n) is 4.60. The van der Waals surface area contributed by atoms with E-state index >= 15 is 0 Å². The molecule has 1 N–H and O–H groups in total. The van der Waals surface area contributed by atoms with Crippen molar-refractivity contribution in [1.82, 2.24) is 4.98 Å². The Labute approximate surface area is 108 Å². The Morgan fingerprint density at radius 3 is 2.75 bits per heavy atom. The van der Waals surface area contributed by atoms with Crippen LogP contribution in [0.3, 0.4) is 0 Å². The maximum absolute atomic E-state index is 8.90. The van der Waals surface area contributed by atoms with Crippen LogP contribution in [0.25, 0.3) is 0 Å². The van der Waals surface area contributed by atoms with Crippen LogP contribution in [-0.4, -0.2) is 10.1 Å². The largest absolute Gasteiger partial charge is 0.466 e. The zero-order valence-corrected chi connectivity index (χ0v) is 10.6. The smallest absolute Gasteiger partial charge is 0.216 e. The topological polar surface area (TPSA) is 42.4 Å². The molecule has 0 atom stereocenters. The van der Waals surface area contributed by atoms with E-state index in [-0.39, 0.29) is 27.7 Å². The monoisotopic (exact) mass is 395 g/mol. The number of hydrogen-bond donors (Lipinski definition) is 1. The van der Waals surface area contributed by atoms with Crippen LogP contribution in [0.2, 0.25) is 0 Å². The third-order valence-corrected chi connectivity index (χ3v) is 1.84. The molecular formula is C12H10NO2Pt-.